The van der Waals surface area contributed by atoms with Gasteiger partial charge in [0, 0.05) is 30.5 Å². The quantitative estimate of drug-likeness (QED) is 0.730. The van der Waals surface area contributed by atoms with Crippen molar-refractivity contribution in [2.75, 3.05) is 6.61 Å². The molecule has 158 valence electrons. The fraction of sp³-hybridized carbons (Fsp3) is 0.391. The van der Waals surface area contributed by atoms with Crippen LogP contribution in [-0.2, 0) is 4.79 Å². The van der Waals surface area contributed by atoms with Crippen molar-refractivity contribution in [3.05, 3.63) is 59.3 Å². The molecule has 0 spiro atoms. The highest BCUT2D eigenvalue weighted by Crippen LogP contribution is 2.65. The van der Waals surface area contributed by atoms with Crippen LogP contribution in [0.25, 0.3) is 0 Å². The van der Waals surface area contributed by atoms with Crippen molar-refractivity contribution in [1.29, 1.82) is 5.26 Å². The monoisotopic (exact) mass is 422 g/mol. The van der Waals surface area contributed by atoms with Crippen LogP contribution in [0, 0.1) is 40.2 Å². The third-order valence-electron chi connectivity index (χ3n) is 6.92. The van der Waals surface area contributed by atoms with E-state index in [0.717, 1.165) is 18.9 Å². The van der Waals surface area contributed by atoms with Gasteiger partial charge in [0.15, 0.2) is 11.6 Å². The number of carbonyl (C=O) groups is 1. The molecule has 2 aliphatic carbocycles. The van der Waals surface area contributed by atoms with Gasteiger partial charge >= 0.3 is 0 Å². The summed E-state index contributed by atoms with van der Waals surface area (Å²) in [4.78, 5) is 17.5. The van der Waals surface area contributed by atoms with Crippen molar-refractivity contribution in [2.45, 2.75) is 31.7 Å². The van der Waals surface area contributed by atoms with Crippen LogP contribution in [0.15, 0.2) is 41.6 Å². The van der Waals surface area contributed by atoms with Gasteiger partial charge in [-0.25, -0.2) is 18.8 Å². The third kappa shape index (κ3) is 3.07. The first-order valence-electron chi connectivity index (χ1n) is 10.3. The highest BCUT2D eigenvalue weighted by atomic mass is 19.2. The molecule has 0 N–H and O–H groups in total. The number of hydrogen-bond donors (Lipinski definition) is 0. The lowest BCUT2D eigenvalue weighted by Crippen LogP contribution is -2.64. The molecular formula is C23H20F2N4O2. The number of halogens is 2. The summed E-state index contributed by atoms with van der Waals surface area (Å²) >= 11 is 0. The summed E-state index contributed by atoms with van der Waals surface area (Å²) < 4.78 is 33.8. The van der Waals surface area contributed by atoms with E-state index in [2.05, 4.69) is 10.1 Å². The maximum atomic E-state index is 14.3. The lowest BCUT2D eigenvalue weighted by Gasteiger charge is -2.62. The Morgan fingerprint density at radius 3 is 2.87 bits per heavy atom. The van der Waals surface area contributed by atoms with Gasteiger partial charge in [-0.3, -0.25) is 4.79 Å². The largest absolute Gasteiger partial charge is 0.477 e. The number of nitrogens with zero attached hydrogens (tertiary/aromatic N) is 4. The van der Waals surface area contributed by atoms with E-state index in [1.54, 1.807) is 18.3 Å². The first-order chi connectivity index (χ1) is 15.0. The Balaban J connectivity index is 1.25. The molecule has 6 nitrogen and oxygen atoms in total. The summed E-state index contributed by atoms with van der Waals surface area (Å²) in [5.41, 5.74) is 0.134. The SMILES string of the molecule is N#Cc1ccc(OCC2CC3(C(=O)N4N=CCC4c4cccc(F)c4F)CCC23)nc1. The summed E-state index contributed by atoms with van der Waals surface area (Å²) in [6.45, 7) is 0.448. The molecule has 3 aliphatic rings. The van der Waals surface area contributed by atoms with E-state index >= 15 is 0 Å². The number of rotatable bonds is 5. The number of aromatic nitrogens is 1. The highest BCUT2D eigenvalue weighted by molar-refractivity contribution is 5.87. The molecule has 0 radical (unpaired) electrons. The lowest BCUT2D eigenvalue weighted by molar-refractivity contribution is -0.189. The van der Waals surface area contributed by atoms with Gasteiger partial charge < -0.3 is 4.74 Å². The number of hydrazone groups is 1. The molecule has 1 aromatic carbocycles. The second-order valence-corrected chi connectivity index (χ2v) is 8.42. The number of pyridine rings is 1. The lowest BCUT2D eigenvalue weighted by atomic mass is 9.42. The third-order valence-corrected chi connectivity index (χ3v) is 6.92. The molecule has 1 aromatic heterocycles. The predicted molar refractivity (Wildman–Crippen MR) is 107 cm³/mol. The molecule has 1 aliphatic heterocycles. The zero-order valence-corrected chi connectivity index (χ0v) is 16.7. The second-order valence-electron chi connectivity index (χ2n) is 8.42. The van der Waals surface area contributed by atoms with Crippen molar-refractivity contribution >= 4 is 12.1 Å². The first kappa shape index (κ1) is 19.6. The molecule has 2 heterocycles. The van der Waals surface area contributed by atoms with Crippen LogP contribution >= 0.6 is 0 Å². The number of ether oxygens (including phenoxy) is 1. The van der Waals surface area contributed by atoms with E-state index in [-0.39, 0.29) is 23.3 Å². The number of carbonyl (C=O) groups excluding carboxylic acids is 1. The van der Waals surface area contributed by atoms with Crippen LogP contribution in [0.1, 0.15) is 42.9 Å². The first-order valence-corrected chi connectivity index (χ1v) is 10.3. The van der Waals surface area contributed by atoms with Crippen molar-refractivity contribution in [2.24, 2.45) is 22.4 Å². The Kier molecular flexibility index (Phi) is 4.69. The molecular weight excluding hydrogens is 402 g/mol. The molecule has 8 heteroatoms. The minimum Gasteiger partial charge on any atom is -0.477 e. The molecule has 31 heavy (non-hydrogen) atoms. The molecule has 2 aromatic rings. The van der Waals surface area contributed by atoms with Crippen molar-refractivity contribution in [3.8, 4) is 11.9 Å². The summed E-state index contributed by atoms with van der Waals surface area (Å²) in [6, 6.07) is 8.74. The molecule has 2 saturated carbocycles. The summed E-state index contributed by atoms with van der Waals surface area (Å²) in [5.74, 6) is -1.09. The Morgan fingerprint density at radius 2 is 2.19 bits per heavy atom. The van der Waals surface area contributed by atoms with E-state index in [1.807, 2.05) is 6.07 Å². The van der Waals surface area contributed by atoms with Gasteiger partial charge in [-0.2, -0.15) is 10.4 Å². The van der Waals surface area contributed by atoms with Crippen molar-refractivity contribution in [3.63, 3.8) is 0 Å². The molecule has 0 bridgehead atoms. The van der Waals surface area contributed by atoms with E-state index in [9.17, 15) is 13.6 Å². The van der Waals surface area contributed by atoms with Gasteiger partial charge in [-0.05, 0) is 43.2 Å². The number of fused-ring (bicyclic) bond motifs is 1. The Morgan fingerprint density at radius 1 is 1.32 bits per heavy atom. The van der Waals surface area contributed by atoms with Crippen molar-refractivity contribution < 1.29 is 18.3 Å². The summed E-state index contributed by atoms with van der Waals surface area (Å²) in [7, 11) is 0. The van der Waals surface area contributed by atoms with Gasteiger partial charge in [-0.1, -0.05) is 12.1 Å². The van der Waals surface area contributed by atoms with Crippen LogP contribution in [0.3, 0.4) is 0 Å². The molecule has 4 unspecified atom stereocenters. The molecule has 1 amide bonds. The average molecular weight is 422 g/mol. The number of hydrogen-bond acceptors (Lipinski definition) is 5. The van der Waals surface area contributed by atoms with Gasteiger partial charge in [0.2, 0.25) is 11.8 Å². The normalized spacial score (nSPS) is 28.3. The fourth-order valence-corrected chi connectivity index (χ4v) is 5.18. The standard InChI is InChI=1S/C23H20F2N4O2/c24-18-3-1-2-16(21(18)25)19-7-9-28-29(19)22(30)23-8-6-17(23)15(10-23)13-31-20-5-4-14(11-26)12-27-20/h1-5,9,12,15,17,19H,6-8,10,13H2. The molecule has 0 saturated heterocycles. The maximum Gasteiger partial charge on any atom is 0.249 e. The molecule has 2 fully saturated rings. The smallest absolute Gasteiger partial charge is 0.249 e. The van der Waals surface area contributed by atoms with Crippen LogP contribution in [0.2, 0.25) is 0 Å². The van der Waals surface area contributed by atoms with Gasteiger partial charge in [0.25, 0.3) is 0 Å². The zero-order chi connectivity index (χ0) is 21.6. The number of benzene rings is 1. The highest BCUT2D eigenvalue weighted by Gasteiger charge is 2.65. The Hall–Kier alpha value is -3.34. The van der Waals surface area contributed by atoms with E-state index < -0.39 is 23.1 Å². The van der Waals surface area contributed by atoms with Crippen LogP contribution < -0.4 is 4.74 Å². The van der Waals surface area contributed by atoms with Crippen LogP contribution in [0.4, 0.5) is 8.78 Å². The van der Waals surface area contributed by atoms with Gasteiger partial charge in [0.05, 0.1) is 23.6 Å². The summed E-state index contributed by atoms with van der Waals surface area (Å²) in [5, 5.41) is 14.4. The van der Waals surface area contributed by atoms with E-state index in [4.69, 9.17) is 10.00 Å². The predicted octanol–water partition coefficient (Wildman–Crippen LogP) is 3.99. The van der Waals surface area contributed by atoms with Crippen LogP contribution in [-0.4, -0.2) is 28.7 Å². The number of nitriles is 1. The molecule has 4 atom stereocenters. The van der Waals surface area contributed by atoms with E-state index in [0.29, 0.717) is 30.9 Å². The topological polar surface area (TPSA) is 78.6 Å². The fourth-order valence-electron chi connectivity index (χ4n) is 5.18. The van der Waals surface area contributed by atoms with Gasteiger partial charge in [0.1, 0.15) is 6.07 Å². The van der Waals surface area contributed by atoms with E-state index in [1.165, 1.54) is 23.3 Å². The van der Waals surface area contributed by atoms with Crippen LogP contribution in [0.5, 0.6) is 5.88 Å². The second kappa shape index (κ2) is 7.41. The minimum atomic E-state index is -0.923. The number of amides is 1. The Bertz CT molecular complexity index is 1100. The minimum absolute atomic E-state index is 0.112. The Labute approximate surface area is 178 Å². The maximum absolute atomic E-state index is 14.3. The molecule has 5 rings (SSSR count). The van der Waals surface area contributed by atoms with Gasteiger partial charge in [-0.15, -0.1) is 0 Å². The van der Waals surface area contributed by atoms with Crippen molar-refractivity contribution in [1.82, 2.24) is 9.99 Å². The zero-order valence-electron chi connectivity index (χ0n) is 16.7. The average Bonchev–Trinajstić information content (AvgIpc) is 3.26. The summed E-state index contributed by atoms with van der Waals surface area (Å²) in [6.07, 6.45) is 5.79.